The number of primary amides is 1. The molecule has 0 aliphatic heterocycles. The van der Waals surface area contributed by atoms with Gasteiger partial charge in [0.25, 0.3) is 0 Å². The predicted octanol–water partition coefficient (Wildman–Crippen LogP) is 1.54. The molecule has 0 saturated carbocycles. The van der Waals surface area contributed by atoms with Gasteiger partial charge in [0.15, 0.2) is 0 Å². The molecule has 4 nitrogen and oxygen atoms in total. The lowest BCUT2D eigenvalue weighted by atomic mass is 9.83. The van der Waals surface area contributed by atoms with E-state index in [-0.39, 0.29) is 17.9 Å². The second-order valence-electron chi connectivity index (χ2n) is 5.16. The van der Waals surface area contributed by atoms with E-state index >= 15 is 0 Å². The lowest BCUT2D eigenvalue weighted by Crippen LogP contribution is -2.37. The largest absolute Gasteiger partial charge is 0.368 e. The molecule has 0 aromatic carbocycles. The highest BCUT2D eigenvalue weighted by molar-refractivity contribution is 5.83. The Labute approximate surface area is 98.2 Å². The van der Waals surface area contributed by atoms with E-state index in [1.54, 1.807) is 7.05 Å². The third-order valence-corrected chi connectivity index (χ3v) is 2.66. The van der Waals surface area contributed by atoms with Crippen LogP contribution in [0.15, 0.2) is 0 Å². The second-order valence-corrected chi connectivity index (χ2v) is 5.16. The fourth-order valence-corrected chi connectivity index (χ4v) is 1.61. The van der Waals surface area contributed by atoms with Gasteiger partial charge < -0.3 is 10.6 Å². The number of likely N-dealkylation sites (N-methyl/N-ethyl adjacent to an activating group) is 1. The van der Waals surface area contributed by atoms with Crippen LogP contribution in [0.5, 0.6) is 0 Å². The van der Waals surface area contributed by atoms with Crippen LogP contribution < -0.4 is 5.73 Å². The molecule has 0 rings (SSSR count). The summed E-state index contributed by atoms with van der Waals surface area (Å²) in [5.74, 6) is -0.484. The normalized spacial score (nSPS) is 11.2. The number of carbonyl (C=O) groups excluding carboxylic acids is 2. The number of rotatable bonds is 7. The first kappa shape index (κ1) is 14.9. The lowest BCUT2D eigenvalue weighted by molar-refractivity contribution is -0.135. The van der Waals surface area contributed by atoms with Crippen molar-refractivity contribution in [2.24, 2.45) is 11.1 Å². The molecule has 0 aromatic heterocycles. The molecular formula is C12H24N2O2. The summed E-state index contributed by atoms with van der Waals surface area (Å²) in [4.78, 5) is 23.9. The van der Waals surface area contributed by atoms with E-state index in [2.05, 4.69) is 20.8 Å². The SMILES string of the molecule is CCCCC(C)(C)CC(=O)N(C)CC(N)=O. The van der Waals surface area contributed by atoms with Crippen LogP contribution >= 0.6 is 0 Å². The predicted molar refractivity (Wildman–Crippen MR) is 64.8 cm³/mol. The van der Waals surface area contributed by atoms with E-state index in [1.165, 1.54) is 4.90 Å². The molecule has 0 spiro atoms. The third-order valence-electron chi connectivity index (χ3n) is 2.66. The molecule has 0 bridgehead atoms. The van der Waals surface area contributed by atoms with Crippen molar-refractivity contribution in [3.63, 3.8) is 0 Å². The van der Waals surface area contributed by atoms with Crippen molar-refractivity contribution in [2.75, 3.05) is 13.6 Å². The van der Waals surface area contributed by atoms with Gasteiger partial charge in [-0.1, -0.05) is 33.6 Å². The van der Waals surface area contributed by atoms with Crippen molar-refractivity contribution in [1.82, 2.24) is 4.90 Å². The number of amides is 2. The van der Waals surface area contributed by atoms with Gasteiger partial charge in [-0.25, -0.2) is 0 Å². The molecule has 0 saturated heterocycles. The maximum Gasteiger partial charge on any atom is 0.237 e. The van der Waals surface area contributed by atoms with Gasteiger partial charge in [-0.05, 0) is 11.8 Å². The summed E-state index contributed by atoms with van der Waals surface area (Å²) in [5.41, 5.74) is 5.04. The quantitative estimate of drug-likeness (QED) is 0.718. The van der Waals surface area contributed by atoms with E-state index in [0.29, 0.717) is 6.42 Å². The highest BCUT2D eigenvalue weighted by atomic mass is 16.2. The van der Waals surface area contributed by atoms with Crippen molar-refractivity contribution in [1.29, 1.82) is 0 Å². The van der Waals surface area contributed by atoms with Gasteiger partial charge >= 0.3 is 0 Å². The Morgan fingerprint density at radius 1 is 1.31 bits per heavy atom. The van der Waals surface area contributed by atoms with E-state index < -0.39 is 5.91 Å². The lowest BCUT2D eigenvalue weighted by Gasteiger charge is -2.26. The zero-order chi connectivity index (χ0) is 12.8. The molecule has 0 unspecified atom stereocenters. The Bertz CT molecular complexity index is 249. The standard InChI is InChI=1S/C12H24N2O2/c1-5-6-7-12(2,3)8-11(16)14(4)9-10(13)15/h5-9H2,1-4H3,(H2,13,15). The molecule has 94 valence electrons. The zero-order valence-corrected chi connectivity index (χ0v) is 10.9. The van der Waals surface area contributed by atoms with Crippen LogP contribution in [0, 0.1) is 5.41 Å². The van der Waals surface area contributed by atoms with Crippen LogP contribution in [-0.4, -0.2) is 30.3 Å². The minimum atomic E-state index is -0.470. The monoisotopic (exact) mass is 228 g/mol. The first-order chi connectivity index (χ1) is 7.28. The van der Waals surface area contributed by atoms with Gasteiger partial charge in [-0.3, -0.25) is 9.59 Å². The summed E-state index contributed by atoms with van der Waals surface area (Å²) >= 11 is 0. The van der Waals surface area contributed by atoms with Gasteiger partial charge in [0.05, 0.1) is 6.54 Å². The summed E-state index contributed by atoms with van der Waals surface area (Å²) in [6.45, 7) is 6.30. The van der Waals surface area contributed by atoms with Crippen LogP contribution in [-0.2, 0) is 9.59 Å². The molecule has 0 atom stereocenters. The average molecular weight is 228 g/mol. The molecule has 0 aromatic rings. The van der Waals surface area contributed by atoms with Crippen molar-refractivity contribution in [2.45, 2.75) is 46.5 Å². The number of hydrogen-bond acceptors (Lipinski definition) is 2. The van der Waals surface area contributed by atoms with Crippen LogP contribution in [0.3, 0.4) is 0 Å². The molecular weight excluding hydrogens is 204 g/mol. The van der Waals surface area contributed by atoms with Crippen LogP contribution in [0.1, 0.15) is 46.5 Å². The molecule has 0 fully saturated rings. The number of hydrogen-bond donors (Lipinski definition) is 1. The van der Waals surface area contributed by atoms with Gasteiger partial charge in [0, 0.05) is 13.5 Å². The Kier molecular flexibility index (Phi) is 6.08. The first-order valence-corrected chi connectivity index (χ1v) is 5.81. The van der Waals surface area contributed by atoms with E-state index in [0.717, 1.165) is 19.3 Å². The van der Waals surface area contributed by atoms with Crippen molar-refractivity contribution >= 4 is 11.8 Å². The van der Waals surface area contributed by atoms with Crippen LogP contribution in [0.25, 0.3) is 0 Å². The highest BCUT2D eigenvalue weighted by Crippen LogP contribution is 2.27. The molecule has 0 aliphatic carbocycles. The first-order valence-electron chi connectivity index (χ1n) is 5.81. The van der Waals surface area contributed by atoms with Crippen molar-refractivity contribution < 1.29 is 9.59 Å². The number of unbranched alkanes of at least 4 members (excludes halogenated alkanes) is 1. The molecule has 0 heterocycles. The Morgan fingerprint density at radius 3 is 2.31 bits per heavy atom. The van der Waals surface area contributed by atoms with Gasteiger partial charge in [0.1, 0.15) is 0 Å². The topological polar surface area (TPSA) is 63.4 Å². The molecule has 16 heavy (non-hydrogen) atoms. The summed E-state index contributed by atoms with van der Waals surface area (Å²) in [7, 11) is 1.61. The molecule has 0 radical (unpaired) electrons. The van der Waals surface area contributed by atoms with E-state index in [1.807, 2.05) is 0 Å². The minimum Gasteiger partial charge on any atom is -0.368 e. The maximum atomic E-state index is 11.8. The highest BCUT2D eigenvalue weighted by Gasteiger charge is 2.23. The van der Waals surface area contributed by atoms with Gasteiger partial charge in [-0.15, -0.1) is 0 Å². The molecule has 4 heteroatoms. The Morgan fingerprint density at radius 2 is 1.88 bits per heavy atom. The summed E-state index contributed by atoms with van der Waals surface area (Å²) in [5, 5.41) is 0. The van der Waals surface area contributed by atoms with Gasteiger partial charge in [0.2, 0.25) is 11.8 Å². The Balaban J connectivity index is 4.15. The van der Waals surface area contributed by atoms with Crippen LogP contribution in [0.2, 0.25) is 0 Å². The number of nitrogens with zero attached hydrogens (tertiary/aromatic N) is 1. The second kappa shape index (κ2) is 6.51. The number of carbonyl (C=O) groups is 2. The number of nitrogens with two attached hydrogens (primary N) is 1. The fourth-order valence-electron chi connectivity index (χ4n) is 1.61. The average Bonchev–Trinajstić information content (AvgIpc) is 2.13. The summed E-state index contributed by atoms with van der Waals surface area (Å²) in [6, 6.07) is 0. The maximum absolute atomic E-state index is 11.8. The third kappa shape index (κ3) is 6.43. The fraction of sp³-hybridized carbons (Fsp3) is 0.833. The van der Waals surface area contributed by atoms with Crippen molar-refractivity contribution in [3.8, 4) is 0 Å². The smallest absolute Gasteiger partial charge is 0.237 e. The molecule has 2 N–H and O–H groups in total. The van der Waals surface area contributed by atoms with Crippen LogP contribution in [0.4, 0.5) is 0 Å². The van der Waals surface area contributed by atoms with E-state index in [4.69, 9.17) is 5.73 Å². The minimum absolute atomic E-state index is 0.000993. The van der Waals surface area contributed by atoms with Crippen molar-refractivity contribution in [3.05, 3.63) is 0 Å². The summed E-state index contributed by atoms with van der Waals surface area (Å²) in [6.07, 6.45) is 3.75. The zero-order valence-electron chi connectivity index (χ0n) is 10.9. The molecule has 2 amide bonds. The summed E-state index contributed by atoms with van der Waals surface area (Å²) < 4.78 is 0. The Hall–Kier alpha value is -1.06. The molecule has 0 aliphatic rings. The van der Waals surface area contributed by atoms with E-state index in [9.17, 15) is 9.59 Å². The van der Waals surface area contributed by atoms with Gasteiger partial charge in [-0.2, -0.15) is 0 Å².